The molecule has 2 aromatic heterocycles. The molecule has 0 N–H and O–H groups in total. The zero-order valence-electron chi connectivity index (χ0n) is 33.9. The lowest BCUT2D eigenvalue weighted by molar-refractivity contribution is 0.411. The molecule has 0 spiro atoms. The zero-order valence-corrected chi connectivity index (χ0v) is 35.5. The van der Waals surface area contributed by atoms with Crippen LogP contribution in [0, 0.1) is 11.8 Å². The maximum Gasteiger partial charge on any atom is 0.0595 e. The van der Waals surface area contributed by atoms with E-state index < -0.39 is 0 Å². The SMILES string of the molecule is CCCCCCCCC(CCCCCC)CN1C=c2cc3c(cc2-c2sccc21)=CN(CC(CCCCCC)CCCCCCCC)c1ccsc1-3. The van der Waals surface area contributed by atoms with E-state index >= 15 is 0 Å². The fourth-order valence-electron chi connectivity index (χ4n) is 8.83. The Morgan fingerprint density at radius 2 is 0.769 bits per heavy atom. The van der Waals surface area contributed by atoms with Crippen LogP contribution in [-0.2, 0) is 0 Å². The second kappa shape index (κ2) is 23.0. The summed E-state index contributed by atoms with van der Waals surface area (Å²) in [4.78, 5) is 8.25. The third-order valence-electron chi connectivity index (χ3n) is 12.0. The van der Waals surface area contributed by atoms with E-state index in [2.05, 4.69) is 84.9 Å². The summed E-state index contributed by atoms with van der Waals surface area (Å²) in [5, 5.41) is 7.50. The lowest BCUT2D eigenvalue weighted by atomic mass is 9.92. The summed E-state index contributed by atoms with van der Waals surface area (Å²) >= 11 is 3.89. The molecule has 2 aliphatic heterocycles. The van der Waals surface area contributed by atoms with Crippen molar-refractivity contribution >= 4 is 46.4 Å². The molecular formula is C48H74N2S2. The van der Waals surface area contributed by atoms with Gasteiger partial charge in [0.05, 0.1) is 21.1 Å². The van der Waals surface area contributed by atoms with Gasteiger partial charge in [-0.3, -0.25) is 0 Å². The Balaban J connectivity index is 1.35. The predicted molar refractivity (Wildman–Crippen MR) is 236 cm³/mol. The molecule has 3 aromatic rings. The maximum atomic E-state index is 2.65. The van der Waals surface area contributed by atoms with Gasteiger partial charge < -0.3 is 9.80 Å². The number of thiophene rings is 2. The first-order valence-electron chi connectivity index (χ1n) is 22.2. The normalized spacial score (nSPS) is 14.3. The van der Waals surface area contributed by atoms with Crippen molar-refractivity contribution in [1.82, 2.24) is 0 Å². The molecule has 2 nitrogen and oxygen atoms in total. The van der Waals surface area contributed by atoms with Gasteiger partial charge in [-0.15, -0.1) is 22.7 Å². The molecule has 2 atom stereocenters. The summed E-state index contributed by atoms with van der Waals surface area (Å²) in [6.45, 7) is 11.6. The van der Waals surface area contributed by atoms with Gasteiger partial charge in [-0.2, -0.15) is 0 Å². The molecule has 2 aliphatic rings. The third-order valence-corrected chi connectivity index (χ3v) is 13.9. The van der Waals surface area contributed by atoms with Crippen molar-refractivity contribution < 1.29 is 0 Å². The van der Waals surface area contributed by atoms with Crippen molar-refractivity contribution in [2.24, 2.45) is 11.8 Å². The number of anilines is 2. The summed E-state index contributed by atoms with van der Waals surface area (Å²) in [5.74, 6) is 1.53. The highest BCUT2D eigenvalue weighted by atomic mass is 32.1. The fourth-order valence-corrected chi connectivity index (χ4v) is 10.7. The Morgan fingerprint density at radius 3 is 1.13 bits per heavy atom. The largest absolute Gasteiger partial charge is 0.346 e. The monoisotopic (exact) mass is 743 g/mol. The van der Waals surface area contributed by atoms with Gasteiger partial charge in [-0.1, -0.05) is 156 Å². The summed E-state index contributed by atoms with van der Waals surface area (Å²) in [6, 6.07) is 9.89. The number of rotatable bonds is 28. The van der Waals surface area contributed by atoms with E-state index in [0.717, 1.165) is 24.9 Å². The first kappa shape index (κ1) is 41.1. The van der Waals surface area contributed by atoms with E-state index in [-0.39, 0.29) is 0 Å². The average molecular weight is 743 g/mol. The van der Waals surface area contributed by atoms with Crippen molar-refractivity contribution in [2.75, 3.05) is 22.9 Å². The molecule has 0 saturated carbocycles. The van der Waals surface area contributed by atoms with Gasteiger partial charge in [0.2, 0.25) is 0 Å². The van der Waals surface area contributed by atoms with E-state index in [1.165, 1.54) is 197 Å². The molecule has 0 aliphatic carbocycles. The standard InChI is InChI=1S/C48H74N2S2/c1-5-9-13-17-19-23-27-39(25-21-15-11-7-3)35-49-37-41-33-44-42(34-43(41)47-45(49)29-31-51-47)38-50(46-30-32-52-48(44)46)36-40(26-22-16-12-8-4)28-24-20-18-14-10-6-2/h29-34,37-40H,5-28,35-36H2,1-4H3. The van der Waals surface area contributed by atoms with Crippen LogP contribution >= 0.6 is 22.7 Å². The Morgan fingerprint density at radius 1 is 0.442 bits per heavy atom. The van der Waals surface area contributed by atoms with Crippen LogP contribution in [0.25, 0.3) is 33.3 Å². The Hall–Kier alpha value is -2.04. The lowest BCUT2D eigenvalue weighted by Gasteiger charge is -2.31. The van der Waals surface area contributed by atoms with Gasteiger partial charge in [0.25, 0.3) is 0 Å². The topological polar surface area (TPSA) is 6.48 Å². The number of benzene rings is 1. The maximum absolute atomic E-state index is 2.65. The second-order valence-corrected chi connectivity index (χ2v) is 18.2. The minimum absolute atomic E-state index is 0.767. The summed E-state index contributed by atoms with van der Waals surface area (Å²) in [7, 11) is 0. The molecule has 2 unspecified atom stereocenters. The smallest absolute Gasteiger partial charge is 0.0595 e. The number of unbranched alkanes of at least 4 members (excludes halogenated alkanes) is 16. The lowest BCUT2D eigenvalue weighted by Crippen LogP contribution is -2.33. The van der Waals surface area contributed by atoms with Crippen molar-refractivity contribution in [3.63, 3.8) is 0 Å². The average Bonchev–Trinajstić information content (AvgIpc) is 3.86. The fraction of sp³-hybridized carbons (Fsp3) is 0.667. The number of fused-ring (bicyclic) bond motifs is 6. The van der Waals surface area contributed by atoms with Gasteiger partial charge in [0.1, 0.15) is 0 Å². The summed E-state index contributed by atoms with van der Waals surface area (Å²) in [6.07, 6.45) is 38.2. The molecule has 1 aromatic carbocycles. The second-order valence-electron chi connectivity index (χ2n) is 16.4. The molecule has 4 heteroatoms. The van der Waals surface area contributed by atoms with Crippen molar-refractivity contribution in [2.45, 2.75) is 182 Å². The van der Waals surface area contributed by atoms with Gasteiger partial charge in [-0.25, -0.2) is 0 Å². The van der Waals surface area contributed by atoms with Crippen LogP contribution in [0.5, 0.6) is 0 Å². The van der Waals surface area contributed by atoms with Crippen molar-refractivity contribution in [3.05, 3.63) is 45.5 Å². The molecule has 288 valence electrons. The quantitative estimate of drug-likeness (QED) is 0.0684. The van der Waals surface area contributed by atoms with E-state index in [1.54, 1.807) is 0 Å². The van der Waals surface area contributed by atoms with Crippen LogP contribution in [0.1, 0.15) is 182 Å². The number of hydrogen-bond acceptors (Lipinski definition) is 4. The highest BCUT2D eigenvalue weighted by Gasteiger charge is 2.26. The molecule has 5 rings (SSSR count). The predicted octanol–water partition coefficient (Wildman–Crippen LogP) is 14.9. The minimum Gasteiger partial charge on any atom is -0.346 e. The van der Waals surface area contributed by atoms with Crippen LogP contribution in [0.4, 0.5) is 11.4 Å². The van der Waals surface area contributed by atoms with E-state index in [4.69, 9.17) is 0 Å². The first-order valence-corrected chi connectivity index (χ1v) is 24.0. The Bertz CT molecular complexity index is 1430. The van der Waals surface area contributed by atoms with Crippen LogP contribution in [0.15, 0.2) is 35.0 Å². The zero-order chi connectivity index (χ0) is 36.4. The number of hydrogen-bond donors (Lipinski definition) is 0. The molecule has 4 heterocycles. The highest BCUT2D eigenvalue weighted by Crippen LogP contribution is 2.41. The van der Waals surface area contributed by atoms with E-state index in [9.17, 15) is 0 Å². The molecule has 0 radical (unpaired) electrons. The molecule has 0 bridgehead atoms. The van der Waals surface area contributed by atoms with Gasteiger partial charge in [0, 0.05) is 47.1 Å². The molecule has 0 fully saturated rings. The molecule has 0 saturated heterocycles. The van der Waals surface area contributed by atoms with Crippen molar-refractivity contribution in [3.8, 4) is 20.9 Å². The minimum atomic E-state index is 0.767. The van der Waals surface area contributed by atoms with Gasteiger partial charge in [-0.05, 0) is 72.5 Å². The third kappa shape index (κ3) is 12.0. The molecule has 52 heavy (non-hydrogen) atoms. The summed E-state index contributed by atoms with van der Waals surface area (Å²) < 4.78 is 0. The Kier molecular flexibility index (Phi) is 18.2. The van der Waals surface area contributed by atoms with E-state index in [0.29, 0.717) is 0 Å². The van der Waals surface area contributed by atoms with Crippen LogP contribution in [0.2, 0.25) is 0 Å². The van der Waals surface area contributed by atoms with Gasteiger partial charge in [0.15, 0.2) is 0 Å². The molecule has 0 amide bonds. The summed E-state index contributed by atoms with van der Waals surface area (Å²) in [5.41, 5.74) is 5.76. The van der Waals surface area contributed by atoms with E-state index in [1.807, 2.05) is 22.7 Å². The van der Waals surface area contributed by atoms with Crippen molar-refractivity contribution in [1.29, 1.82) is 0 Å². The molecular weight excluding hydrogens is 669 g/mol. The Labute approximate surface area is 327 Å². The van der Waals surface area contributed by atoms with Crippen LogP contribution < -0.4 is 20.2 Å². The van der Waals surface area contributed by atoms with Crippen LogP contribution in [0.3, 0.4) is 0 Å². The number of nitrogens with zero attached hydrogens (tertiary/aromatic N) is 2. The highest BCUT2D eigenvalue weighted by molar-refractivity contribution is 7.14. The first-order chi connectivity index (χ1) is 25.7. The van der Waals surface area contributed by atoms with Crippen LogP contribution in [-0.4, -0.2) is 13.1 Å². The van der Waals surface area contributed by atoms with Gasteiger partial charge >= 0.3 is 0 Å².